The second-order valence-corrected chi connectivity index (χ2v) is 9.83. The van der Waals surface area contributed by atoms with Crippen LogP contribution in [0.15, 0.2) is 65.2 Å². The molecule has 5 rings (SSSR count). The topological polar surface area (TPSA) is 73.1 Å². The third kappa shape index (κ3) is 6.08. The van der Waals surface area contributed by atoms with E-state index in [-0.39, 0.29) is 5.75 Å². The molecule has 0 saturated heterocycles. The van der Waals surface area contributed by atoms with Gasteiger partial charge in [-0.25, -0.2) is 9.97 Å². The maximum Gasteiger partial charge on any atom is 0.573 e. The Balaban J connectivity index is 1.20. The lowest BCUT2D eigenvalue weighted by Crippen LogP contribution is -2.16. The van der Waals surface area contributed by atoms with E-state index in [1.807, 2.05) is 44.2 Å². The van der Waals surface area contributed by atoms with Crippen LogP contribution in [0.2, 0.25) is 0 Å². The second kappa shape index (κ2) is 10.2. The number of nitrogens with one attached hydrogen (secondary N) is 1. The first-order valence-corrected chi connectivity index (χ1v) is 12.5. The summed E-state index contributed by atoms with van der Waals surface area (Å²) in [6, 6.07) is 17.8. The van der Waals surface area contributed by atoms with Crippen LogP contribution in [0.25, 0.3) is 32.9 Å². The quantitative estimate of drug-likeness (QED) is 0.211. The summed E-state index contributed by atoms with van der Waals surface area (Å²) in [5.74, 6) is 1.77. The lowest BCUT2D eigenvalue weighted by molar-refractivity contribution is -0.274. The van der Waals surface area contributed by atoms with Crippen molar-refractivity contribution in [3.8, 4) is 28.4 Å². The maximum atomic E-state index is 12.4. The number of benzene rings is 2. The number of halogens is 3. The summed E-state index contributed by atoms with van der Waals surface area (Å²) in [7, 11) is 0. The van der Waals surface area contributed by atoms with Crippen LogP contribution in [-0.4, -0.2) is 28.0 Å². The highest BCUT2D eigenvalue weighted by molar-refractivity contribution is 7.18. The monoisotopic (exact) mass is 524 g/mol. The second-order valence-electron chi connectivity index (χ2n) is 8.59. The number of hydrogen-bond donors (Lipinski definition) is 1. The van der Waals surface area contributed by atoms with Crippen molar-refractivity contribution in [1.82, 2.24) is 15.1 Å². The summed E-state index contributed by atoms with van der Waals surface area (Å²) >= 11 is 1.61. The molecule has 0 fully saturated rings. The van der Waals surface area contributed by atoms with Crippen molar-refractivity contribution >= 4 is 27.4 Å². The molecule has 0 aliphatic rings. The number of aryl methyl sites for hydroxylation is 3. The summed E-state index contributed by atoms with van der Waals surface area (Å²) in [6.07, 6.45) is -2.95. The van der Waals surface area contributed by atoms with E-state index in [0.29, 0.717) is 17.3 Å². The van der Waals surface area contributed by atoms with Crippen molar-refractivity contribution in [3.63, 3.8) is 0 Å². The van der Waals surface area contributed by atoms with E-state index < -0.39 is 6.36 Å². The van der Waals surface area contributed by atoms with Gasteiger partial charge in [0, 0.05) is 17.5 Å². The zero-order chi connectivity index (χ0) is 26.0. The molecule has 1 N–H and O–H groups in total. The van der Waals surface area contributed by atoms with Gasteiger partial charge in [0.1, 0.15) is 22.2 Å². The van der Waals surface area contributed by atoms with Gasteiger partial charge < -0.3 is 14.6 Å². The number of nitrogens with zero attached hydrogens (tertiary/aromatic N) is 3. The number of hydrogen-bond acceptors (Lipinski definition) is 7. The third-order valence-corrected chi connectivity index (χ3v) is 6.63. The summed E-state index contributed by atoms with van der Waals surface area (Å²) in [5.41, 5.74) is 3.52. The highest BCUT2D eigenvalue weighted by atomic mass is 32.1. The van der Waals surface area contributed by atoms with Crippen LogP contribution in [0.1, 0.15) is 22.6 Å². The van der Waals surface area contributed by atoms with Crippen LogP contribution in [-0.2, 0) is 6.42 Å². The molecule has 0 aliphatic carbocycles. The van der Waals surface area contributed by atoms with Gasteiger partial charge in [-0.2, -0.15) is 0 Å². The van der Waals surface area contributed by atoms with Gasteiger partial charge in [-0.3, -0.25) is 0 Å². The smallest absolute Gasteiger partial charge is 0.406 e. The molecule has 5 aromatic rings. The fourth-order valence-corrected chi connectivity index (χ4v) is 4.85. The minimum Gasteiger partial charge on any atom is -0.406 e. The van der Waals surface area contributed by atoms with Gasteiger partial charge >= 0.3 is 6.36 Å². The molecule has 3 heterocycles. The summed E-state index contributed by atoms with van der Waals surface area (Å²) in [6.45, 7) is 4.60. The molecule has 0 saturated carbocycles. The lowest BCUT2D eigenvalue weighted by Gasteiger charge is -2.10. The van der Waals surface area contributed by atoms with E-state index in [0.717, 1.165) is 51.4 Å². The zero-order valence-electron chi connectivity index (χ0n) is 20.1. The van der Waals surface area contributed by atoms with Crippen molar-refractivity contribution in [3.05, 3.63) is 76.9 Å². The Labute approximate surface area is 215 Å². The van der Waals surface area contributed by atoms with Gasteiger partial charge in [-0.1, -0.05) is 41.6 Å². The number of anilines is 1. The molecule has 0 radical (unpaired) electrons. The predicted molar refractivity (Wildman–Crippen MR) is 138 cm³/mol. The van der Waals surface area contributed by atoms with E-state index >= 15 is 0 Å². The summed E-state index contributed by atoms with van der Waals surface area (Å²) < 4.78 is 46.2. The van der Waals surface area contributed by atoms with Gasteiger partial charge in [-0.05, 0) is 61.6 Å². The molecule has 3 aromatic heterocycles. The number of thiophene rings is 1. The molecule has 0 bridgehead atoms. The average Bonchev–Trinajstić information content (AvgIpc) is 3.46. The molecule has 10 heteroatoms. The van der Waals surface area contributed by atoms with Crippen molar-refractivity contribution in [2.45, 2.75) is 33.1 Å². The molecule has 0 amide bonds. The van der Waals surface area contributed by atoms with E-state index in [1.54, 1.807) is 23.5 Å². The van der Waals surface area contributed by atoms with E-state index in [1.165, 1.54) is 17.7 Å². The predicted octanol–water partition coefficient (Wildman–Crippen LogP) is 7.57. The SMILES string of the molecule is Cc1cc(-c2nc(NCCCc3ccc(-c4ccc(OC(F)(F)F)cc4)cc3)c3cc(C)sc3n2)no1. The Bertz CT molecular complexity index is 1510. The number of ether oxygens (including phenoxy) is 1. The number of fused-ring (bicyclic) bond motifs is 1. The molecule has 6 nitrogen and oxygen atoms in total. The van der Waals surface area contributed by atoms with Crippen molar-refractivity contribution in [2.24, 2.45) is 0 Å². The molecule has 0 atom stereocenters. The Morgan fingerprint density at radius 3 is 2.30 bits per heavy atom. The van der Waals surface area contributed by atoms with Gasteiger partial charge in [0.15, 0.2) is 11.5 Å². The molecular formula is C27H23F3N4O2S. The molecule has 0 unspecified atom stereocenters. The standard InChI is InChI=1S/C27H23F3N4O2S/c1-16-14-23(34-36-16)25-32-24(22-15-17(2)37-26(22)33-25)31-13-3-4-18-5-7-19(8-6-18)20-9-11-21(12-10-20)35-27(28,29)30/h5-12,14-15H,3-4,13H2,1-2H3,(H,31,32,33). The zero-order valence-corrected chi connectivity index (χ0v) is 20.9. The highest BCUT2D eigenvalue weighted by Crippen LogP contribution is 2.31. The van der Waals surface area contributed by atoms with Crippen LogP contribution in [0.4, 0.5) is 19.0 Å². The van der Waals surface area contributed by atoms with Crippen LogP contribution in [0.5, 0.6) is 5.75 Å². The van der Waals surface area contributed by atoms with Crippen LogP contribution < -0.4 is 10.1 Å². The Morgan fingerprint density at radius 2 is 1.65 bits per heavy atom. The average molecular weight is 525 g/mol. The van der Waals surface area contributed by atoms with Gasteiger partial charge in [0.2, 0.25) is 0 Å². The first-order valence-electron chi connectivity index (χ1n) is 11.6. The number of alkyl halides is 3. The maximum absolute atomic E-state index is 12.4. The largest absolute Gasteiger partial charge is 0.573 e. The molecule has 0 aliphatic heterocycles. The number of rotatable bonds is 8. The first kappa shape index (κ1) is 24.8. The van der Waals surface area contributed by atoms with Gasteiger partial charge in [-0.15, -0.1) is 24.5 Å². The fraction of sp³-hybridized carbons (Fsp3) is 0.222. The number of aromatic nitrogens is 3. The van der Waals surface area contributed by atoms with Gasteiger partial charge in [0.25, 0.3) is 0 Å². The Hall–Kier alpha value is -3.92. The van der Waals surface area contributed by atoms with Crippen LogP contribution >= 0.6 is 11.3 Å². The van der Waals surface area contributed by atoms with Crippen molar-refractivity contribution in [1.29, 1.82) is 0 Å². The molecule has 2 aromatic carbocycles. The molecule has 37 heavy (non-hydrogen) atoms. The van der Waals surface area contributed by atoms with Gasteiger partial charge in [0.05, 0.1) is 5.39 Å². The van der Waals surface area contributed by atoms with E-state index in [4.69, 9.17) is 9.51 Å². The first-order chi connectivity index (χ1) is 17.7. The molecular weight excluding hydrogens is 501 g/mol. The molecule has 0 spiro atoms. The minimum atomic E-state index is -4.70. The Morgan fingerprint density at radius 1 is 0.946 bits per heavy atom. The van der Waals surface area contributed by atoms with Crippen LogP contribution in [0.3, 0.4) is 0 Å². The molecule has 190 valence electrons. The normalized spacial score (nSPS) is 11.7. The van der Waals surface area contributed by atoms with Crippen LogP contribution in [0, 0.1) is 13.8 Å². The minimum absolute atomic E-state index is 0.234. The van der Waals surface area contributed by atoms with Crippen molar-refractivity contribution in [2.75, 3.05) is 11.9 Å². The van der Waals surface area contributed by atoms with E-state index in [2.05, 4.69) is 26.3 Å². The summed E-state index contributed by atoms with van der Waals surface area (Å²) in [4.78, 5) is 11.4. The lowest BCUT2D eigenvalue weighted by atomic mass is 10.0. The highest BCUT2D eigenvalue weighted by Gasteiger charge is 2.31. The third-order valence-electron chi connectivity index (χ3n) is 5.68. The van der Waals surface area contributed by atoms with Crippen molar-refractivity contribution < 1.29 is 22.4 Å². The summed E-state index contributed by atoms with van der Waals surface area (Å²) in [5, 5.41) is 8.49. The fourth-order valence-electron chi connectivity index (χ4n) is 3.98. The Kier molecular flexibility index (Phi) is 6.84. The van der Waals surface area contributed by atoms with E-state index in [9.17, 15) is 13.2 Å².